The first-order valence-corrected chi connectivity index (χ1v) is 8.25. The fraction of sp³-hybridized carbons (Fsp3) is 0.333. The third-order valence-electron chi connectivity index (χ3n) is 4.32. The van der Waals surface area contributed by atoms with Gasteiger partial charge in [-0.05, 0) is 17.7 Å². The second-order valence-corrected chi connectivity index (χ2v) is 6.22. The summed E-state index contributed by atoms with van der Waals surface area (Å²) in [4.78, 5) is 5.35. The zero-order chi connectivity index (χ0) is 20.5. The van der Waals surface area contributed by atoms with Gasteiger partial charge in [-0.2, -0.15) is 18.0 Å². The number of anilines is 2. The van der Waals surface area contributed by atoms with E-state index in [1.54, 1.807) is 30.3 Å². The van der Waals surface area contributed by atoms with E-state index in [-0.39, 0.29) is 17.9 Å². The Labute approximate surface area is 156 Å². The van der Waals surface area contributed by atoms with Crippen LogP contribution in [0.2, 0.25) is 0 Å². The van der Waals surface area contributed by atoms with E-state index in [0.29, 0.717) is 10.6 Å². The lowest BCUT2D eigenvalue weighted by atomic mass is 10.00. The molecule has 1 aliphatic rings. The zero-order valence-electron chi connectivity index (χ0n) is 14.3. The van der Waals surface area contributed by atoms with Crippen molar-refractivity contribution < 1.29 is 36.3 Å². The fourth-order valence-electron chi connectivity index (χ4n) is 3.13. The maximum Gasteiger partial charge on any atom is 0.544 e. The molecule has 0 aromatic heterocycles. The second-order valence-electron chi connectivity index (χ2n) is 6.22. The van der Waals surface area contributed by atoms with Crippen molar-refractivity contribution in [3.05, 3.63) is 60.2 Å². The van der Waals surface area contributed by atoms with Crippen molar-refractivity contribution in [2.45, 2.75) is 24.7 Å². The Kier molecular flexibility index (Phi) is 5.44. The maximum atomic E-state index is 12.9. The molecule has 4 nitrogen and oxygen atoms in total. The number of benzene rings is 2. The fourth-order valence-corrected chi connectivity index (χ4v) is 3.13. The first-order valence-electron chi connectivity index (χ1n) is 8.25. The minimum absolute atomic E-state index is 0.0404. The van der Waals surface area contributed by atoms with E-state index in [4.69, 9.17) is 0 Å². The van der Waals surface area contributed by atoms with E-state index in [2.05, 4.69) is 4.84 Å². The van der Waals surface area contributed by atoms with E-state index in [1.807, 2.05) is 0 Å². The van der Waals surface area contributed by atoms with Crippen LogP contribution in [-0.2, 0) is 4.84 Å². The summed E-state index contributed by atoms with van der Waals surface area (Å²) in [5, 5.41) is 10.2. The minimum atomic E-state index is -4.97. The van der Waals surface area contributed by atoms with Crippen LogP contribution in [-0.4, -0.2) is 36.8 Å². The molecule has 0 aliphatic carbocycles. The highest BCUT2D eigenvalue weighted by atomic mass is 19.4. The molecule has 2 atom stereocenters. The number of hydroxylamine groups is 1. The summed E-state index contributed by atoms with van der Waals surface area (Å²) < 4.78 is 77.4. The van der Waals surface area contributed by atoms with E-state index in [9.17, 15) is 31.4 Å². The van der Waals surface area contributed by atoms with E-state index >= 15 is 0 Å². The van der Waals surface area contributed by atoms with E-state index in [0.717, 1.165) is 0 Å². The third kappa shape index (κ3) is 4.50. The lowest BCUT2D eigenvalue weighted by molar-refractivity contribution is -0.330. The predicted octanol–water partition coefficient (Wildman–Crippen LogP) is 4.43. The Morgan fingerprint density at radius 3 is 2.07 bits per heavy atom. The Morgan fingerprint density at radius 2 is 1.50 bits per heavy atom. The number of hydrogen-bond acceptors (Lipinski definition) is 4. The maximum absolute atomic E-state index is 12.9. The van der Waals surface area contributed by atoms with Gasteiger partial charge in [0.05, 0.1) is 30.5 Å². The van der Waals surface area contributed by atoms with Crippen molar-refractivity contribution in [1.29, 1.82) is 0 Å². The van der Waals surface area contributed by atoms with Crippen molar-refractivity contribution in [3.8, 4) is 0 Å². The second kappa shape index (κ2) is 7.51. The molecule has 28 heavy (non-hydrogen) atoms. The van der Waals surface area contributed by atoms with Gasteiger partial charge in [0.1, 0.15) is 0 Å². The summed E-state index contributed by atoms with van der Waals surface area (Å²) in [6.45, 7) is -1.22. The van der Waals surface area contributed by atoms with Gasteiger partial charge in [-0.3, -0.25) is 0 Å². The highest BCUT2D eigenvalue weighted by Gasteiger charge is 2.44. The average Bonchev–Trinajstić information content (AvgIpc) is 2.62. The molecule has 0 fully saturated rings. The molecule has 0 radical (unpaired) electrons. The van der Waals surface area contributed by atoms with Gasteiger partial charge < -0.3 is 10.0 Å². The summed E-state index contributed by atoms with van der Waals surface area (Å²) in [5.74, 6) is 0. The van der Waals surface area contributed by atoms with E-state index < -0.39 is 31.2 Å². The van der Waals surface area contributed by atoms with Gasteiger partial charge in [-0.1, -0.05) is 42.5 Å². The van der Waals surface area contributed by atoms with Gasteiger partial charge in [0.15, 0.2) is 6.10 Å². The van der Waals surface area contributed by atoms with Gasteiger partial charge in [0, 0.05) is 0 Å². The monoisotopic (exact) mass is 406 g/mol. The molecule has 2 aromatic carbocycles. The molecular weight excluding hydrogens is 390 g/mol. The number of β-amino-alcohol motifs (C(OH)–C–C–N with tert-alkyl or cyclic N) is 1. The molecule has 0 bridgehead atoms. The van der Waals surface area contributed by atoms with Gasteiger partial charge in [-0.15, -0.1) is 13.2 Å². The normalized spacial score (nSPS) is 18.8. The van der Waals surface area contributed by atoms with E-state index in [1.165, 1.54) is 29.2 Å². The molecule has 1 heterocycles. The molecule has 0 saturated carbocycles. The van der Waals surface area contributed by atoms with Crippen molar-refractivity contribution in [2.75, 3.05) is 23.1 Å². The molecule has 1 aliphatic heterocycles. The summed E-state index contributed by atoms with van der Waals surface area (Å²) >= 11 is 0. The first kappa shape index (κ1) is 20.3. The number of aliphatic hydroxyl groups is 1. The number of fused-ring (bicyclic) bond motifs is 1. The standard InChI is InChI=1S/C18H16F6N2O2/c19-17(20,21)16(27)11-25-13-8-4-5-9-14(13)26(28-18(22,23)24)10-15(25)12-6-2-1-3-7-12/h1-9,15-16,27H,10-11H2/t15-,16-/m0/s1. The highest BCUT2D eigenvalue weighted by Crippen LogP contribution is 2.43. The molecule has 3 rings (SSSR count). The smallest absolute Gasteiger partial charge is 0.382 e. The van der Waals surface area contributed by atoms with Crippen LogP contribution >= 0.6 is 0 Å². The average molecular weight is 406 g/mol. The van der Waals surface area contributed by atoms with Crippen LogP contribution < -0.4 is 9.96 Å². The molecule has 2 aromatic rings. The minimum Gasteiger partial charge on any atom is -0.382 e. The van der Waals surface area contributed by atoms with Crippen LogP contribution in [0.25, 0.3) is 0 Å². The van der Waals surface area contributed by atoms with Crippen LogP contribution in [0.4, 0.5) is 37.7 Å². The van der Waals surface area contributed by atoms with Crippen LogP contribution in [0.5, 0.6) is 0 Å². The number of hydrogen-bond donors (Lipinski definition) is 1. The molecule has 1 N–H and O–H groups in total. The highest BCUT2D eigenvalue weighted by molar-refractivity contribution is 5.73. The summed E-state index contributed by atoms with van der Waals surface area (Å²) in [7, 11) is 0. The number of nitrogens with zero attached hydrogens (tertiary/aromatic N) is 2. The quantitative estimate of drug-likeness (QED) is 0.763. The molecule has 10 heteroatoms. The van der Waals surface area contributed by atoms with Gasteiger partial charge >= 0.3 is 12.5 Å². The third-order valence-corrected chi connectivity index (χ3v) is 4.32. The molecule has 152 valence electrons. The Bertz CT molecular complexity index is 797. The number of para-hydroxylation sites is 2. The van der Waals surface area contributed by atoms with Crippen LogP contribution in [0.15, 0.2) is 54.6 Å². The lowest BCUT2D eigenvalue weighted by Crippen LogP contribution is -2.50. The SMILES string of the molecule is O[C@@H](CN1c2ccccc2N(OC(F)(F)F)C[C@H]1c1ccccc1)C(F)(F)F. The predicted molar refractivity (Wildman–Crippen MR) is 89.5 cm³/mol. The van der Waals surface area contributed by atoms with Gasteiger partial charge in [0.2, 0.25) is 0 Å². The number of alkyl halides is 6. The summed E-state index contributed by atoms with van der Waals surface area (Å²) in [6.07, 6.45) is -12.5. The molecule has 0 saturated heterocycles. The Balaban J connectivity index is 2.05. The van der Waals surface area contributed by atoms with Crippen molar-refractivity contribution >= 4 is 11.4 Å². The largest absolute Gasteiger partial charge is 0.544 e. The number of aliphatic hydroxyl groups excluding tert-OH is 1. The molecule has 0 unspecified atom stereocenters. The summed E-state index contributed by atoms with van der Waals surface area (Å²) in [5.41, 5.74) is 0.540. The topological polar surface area (TPSA) is 35.9 Å². The number of halogens is 6. The van der Waals surface area contributed by atoms with Crippen molar-refractivity contribution in [1.82, 2.24) is 0 Å². The van der Waals surface area contributed by atoms with Crippen molar-refractivity contribution in [3.63, 3.8) is 0 Å². The first-order chi connectivity index (χ1) is 13.1. The Hall–Kier alpha value is -2.46. The number of rotatable bonds is 4. The van der Waals surface area contributed by atoms with Gasteiger partial charge in [-0.25, -0.2) is 5.06 Å². The van der Waals surface area contributed by atoms with Crippen LogP contribution in [0.1, 0.15) is 11.6 Å². The molecule has 0 amide bonds. The molecular formula is C18H16F6N2O2. The molecule has 0 spiro atoms. The Morgan fingerprint density at radius 1 is 0.929 bits per heavy atom. The zero-order valence-corrected chi connectivity index (χ0v) is 14.3. The van der Waals surface area contributed by atoms with Crippen LogP contribution in [0.3, 0.4) is 0 Å². The lowest BCUT2D eigenvalue weighted by Gasteiger charge is -2.44. The van der Waals surface area contributed by atoms with Gasteiger partial charge in [0.25, 0.3) is 0 Å². The van der Waals surface area contributed by atoms with Crippen molar-refractivity contribution in [2.24, 2.45) is 0 Å². The van der Waals surface area contributed by atoms with Crippen LogP contribution in [0, 0.1) is 0 Å². The summed E-state index contributed by atoms with van der Waals surface area (Å²) in [6, 6.07) is 12.9.